The van der Waals surface area contributed by atoms with Crippen molar-refractivity contribution in [2.75, 3.05) is 6.61 Å². The number of rotatable bonds is 7. The zero-order valence-electron chi connectivity index (χ0n) is 12.1. The minimum absolute atomic E-state index is 0.144. The van der Waals surface area contributed by atoms with Crippen molar-refractivity contribution in [1.82, 2.24) is 5.32 Å². The molecule has 1 amide bonds. The number of ether oxygens (including phenoxy) is 1. The van der Waals surface area contributed by atoms with Gasteiger partial charge in [-0.15, -0.1) is 0 Å². The number of alkyl halides is 3. The molecule has 8 heteroatoms. The number of amides is 1. The summed E-state index contributed by atoms with van der Waals surface area (Å²) in [5.74, 6) is -2.32. The highest BCUT2D eigenvalue weighted by atomic mass is 19.4. The van der Waals surface area contributed by atoms with Crippen molar-refractivity contribution in [2.45, 2.75) is 25.7 Å². The molecule has 5 nitrogen and oxygen atoms in total. The van der Waals surface area contributed by atoms with Gasteiger partial charge < -0.3 is 15.2 Å². The van der Waals surface area contributed by atoms with Gasteiger partial charge in [0.25, 0.3) is 0 Å². The van der Waals surface area contributed by atoms with Crippen molar-refractivity contribution < 1.29 is 32.6 Å². The number of carboxylic acids is 1. The fraction of sp³-hybridized carbons (Fsp3) is 0.467. The van der Waals surface area contributed by atoms with E-state index in [-0.39, 0.29) is 19.1 Å². The van der Waals surface area contributed by atoms with Crippen LogP contribution in [0.3, 0.4) is 0 Å². The second-order valence-electron chi connectivity index (χ2n) is 5.43. The summed E-state index contributed by atoms with van der Waals surface area (Å²) in [5.41, 5.74) is 1.36. The molecule has 2 rings (SSSR count). The molecule has 1 aromatic rings. The van der Waals surface area contributed by atoms with E-state index in [1.165, 1.54) is 0 Å². The van der Waals surface area contributed by atoms with Gasteiger partial charge in [-0.1, -0.05) is 24.3 Å². The zero-order valence-corrected chi connectivity index (χ0v) is 12.1. The van der Waals surface area contributed by atoms with Crippen LogP contribution in [0, 0.1) is 11.8 Å². The zero-order chi connectivity index (χ0) is 17.0. The van der Waals surface area contributed by atoms with E-state index in [2.05, 4.69) is 10.1 Å². The van der Waals surface area contributed by atoms with Crippen LogP contribution in [0.1, 0.15) is 17.5 Å². The molecule has 0 saturated heterocycles. The molecule has 1 fully saturated rings. The van der Waals surface area contributed by atoms with Crippen molar-refractivity contribution in [2.24, 2.45) is 11.8 Å². The summed E-state index contributed by atoms with van der Waals surface area (Å²) in [5, 5.41) is 11.4. The molecule has 0 spiro atoms. The second-order valence-corrected chi connectivity index (χ2v) is 5.43. The van der Waals surface area contributed by atoms with Gasteiger partial charge in [-0.05, 0) is 17.5 Å². The Labute approximate surface area is 130 Å². The number of hydrogen-bond acceptors (Lipinski definition) is 3. The topological polar surface area (TPSA) is 75.6 Å². The predicted molar refractivity (Wildman–Crippen MR) is 73.2 cm³/mol. The van der Waals surface area contributed by atoms with Gasteiger partial charge in [0.15, 0.2) is 0 Å². The molecular formula is C15H16F3NO4. The van der Waals surface area contributed by atoms with E-state index in [4.69, 9.17) is 5.11 Å². The van der Waals surface area contributed by atoms with Crippen LogP contribution >= 0.6 is 0 Å². The number of carbonyl (C=O) groups is 2. The predicted octanol–water partition coefficient (Wildman–Crippen LogP) is 2.10. The van der Waals surface area contributed by atoms with E-state index in [0.29, 0.717) is 12.0 Å². The summed E-state index contributed by atoms with van der Waals surface area (Å²) < 4.78 is 40.4. The quantitative estimate of drug-likeness (QED) is 0.802. The van der Waals surface area contributed by atoms with Crippen molar-refractivity contribution in [3.8, 4) is 0 Å². The maximum absolute atomic E-state index is 11.9. The molecule has 0 radical (unpaired) electrons. The van der Waals surface area contributed by atoms with Crippen molar-refractivity contribution in [3.05, 3.63) is 35.4 Å². The fourth-order valence-corrected chi connectivity index (χ4v) is 2.12. The van der Waals surface area contributed by atoms with Gasteiger partial charge in [0.2, 0.25) is 5.91 Å². The highest BCUT2D eigenvalue weighted by Gasteiger charge is 2.48. The van der Waals surface area contributed by atoms with Crippen LogP contribution in [0.5, 0.6) is 0 Å². The van der Waals surface area contributed by atoms with Crippen LogP contribution < -0.4 is 5.32 Å². The van der Waals surface area contributed by atoms with Crippen molar-refractivity contribution in [3.63, 3.8) is 0 Å². The Hall–Kier alpha value is -2.09. The van der Waals surface area contributed by atoms with Crippen molar-refractivity contribution in [1.29, 1.82) is 0 Å². The molecule has 1 saturated carbocycles. The summed E-state index contributed by atoms with van der Waals surface area (Å²) >= 11 is 0. The maximum atomic E-state index is 11.9. The number of carboxylic acid groups (broad SMARTS) is 1. The number of benzene rings is 1. The third-order valence-electron chi connectivity index (χ3n) is 3.47. The monoisotopic (exact) mass is 331 g/mol. The van der Waals surface area contributed by atoms with E-state index < -0.39 is 30.6 Å². The van der Waals surface area contributed by atoms with Gasteiger partial charge in [-0.25, -0.2) is 0 Å². The first-order valence-corrected chi connectivity index (χ1v) is 6.99. The first kappa shape index (κ1) is 17.3. The van der Waals surface area contributed by atoms with Crippen molar-refractivity contribution >= 4 is 11.9 Å². The third kappa shape index (κ3) is 5.55. The number of hydrogen-bond donors (Lipinski definition) is 2. The Kier molecular flexibility index (Phi) is 5.25. The highest BCUT2D eigenvalue weighted by molar-refractivity contribution is 5.89. The molecule has 23 heavy (non-hydrogen) atoms. The molecular weight excluding hydrogens is 315 g/mol. The molecule has 0 aromatic heterocycles. The van der Waals surface area contributed by atoms with E-state index in [9.17, 15) is 22.8 Å². The number of carbonyl (C=O) groups excluding carboxylic acids is 1. The number of nitrogens with one attached hydrogen (secondary N) is 1. The Bertz CT molecular complexity index is 571. The highest BCUT2D eigenvalue weighted by Crippen LogP contribution is 2.38. The molecule has 0 aliphatic heterocycles. The average Bonchev–Trinajstić information content (AvgIpc) is 3.25. The molecule has 2 N–H and O–H groups in total. The normalized spacial score (nSPS) is 20.1. The SMILES string of the molecule is O=C(O)C1CC1C(=O)NCc1ccc(COCC(F)(F)F)cc1. The lowest BCUT2D eigenvalue weighted by atomic mass is 10.1. The Morgan fingerprint density at radius 3 is 2.30 bits per heavy atom. The lowest BCUT2D eigenvalue weighted by Crippen LogP contribution is -2.25. The molecule has 2 unspecified atom stereocenters. The van der Waals surface area contributed by atoms with E-state index in [1.807, 2.05) is 0 Å². The summed E-state index contributed by atoms with van der Waals surface area (Å²) in [6.45, 7) is -1.20. The number of aliphatic carboxylic acids is 1. The molecule has 1 aliphatic carbocycles. The van der Waals surface area contributed by atoms with Crippen LogP contribution in [-0.2, 0) is 27.5 Å². The van der Waals surface area contributed by atoms with Gasteiger partial charge in [0.05, 0.1) is 18.4 Å². The summed E-state index contributed by atoms with van der Waals surface area (Å²) in [6.07, 6.45) is -3.99. The van der Waals surface area contributed by atoms with Crippen LogP contribution in [-0.4, -0.2) is 29.8 Å². The van der Waals surface area contributed by atoms with Gasteiger partial charge in [0, 0.05) is 6.54 Å². The third-order valence-corrected chi connectivity index (χ3v) is 3.47. The Morgan fingerprint density at radius 2 is 1.78 bits per heavy atom. The largest absolute Gasteiger partial charge is 0.481 e. The summed E-state index contributed by atoms with van der Waals surface area (Å²) in [4.78, 5) is 22.4. The minimum Gasteiger partial charge on any atom is -0.481 e. The van der Waals surface area contributed by atoms with Crippen LogP contribution in [0.4, 0.5) is 13.2 Å². The van der Waals surface area contributed by atoms with Gasteiger partial charge in [-0.2, -0.15) is 13.2 Å². The fourth-order valence-electron chi connectivity index (χ4n) is 2.12. The lowest BCUT2D eigenvalue weighted by molar-refractivity contribution is -0.176. The Morgan fingerprint density at radius 1 is 1.17 bits per heavy atom. The first-order valence-electron chi connectivity index (χ1n) is 6.99. The molecule has 1 aliphatic rings. The minimum atomic E-state index is -4.35. The molecule has 2 atom stereocenters. The van der Waals surface area contributed by atoms with E-state index in [0.717, 1.165) is 5.56 Å². The van der Waals surface area contributed by atoms with Crippen LogP contribution in [0.2, 0.25) is 0 Å². The molecule has 1 aromatic carbocycles. The maximum Gasteiger partial charge on any atom is 0.411 e. The van der Waals surface area contributed by atoms with Crippen LogP contribution in [0.25, 0.3) is 0 Å². The molecule has 126 valence electrons. The summed E-state index contributed by atoms with van der Waals surface area (Å²) in [7, 11) is 0. The average molecular weight is 331 g/mol. The van der Waals surface area contributed by atoms with Gasteiger partial charge in [0.1, 0.15) is 6.61 Å². The smallest absolute Gasteiger partial charge is 0.411 e. The number of halogens is 3. The van der Waals surface area contributed by atoms with E-state index in [1.54, 1.807) is 24.3 Å². The Balaban J connectivity index is 1.73. The first-order chi connectivity index (χ1) is 10.8. The van der Waals surface area contributed by atoms with Crippen LogP contribution in [0.15, 0.2) is 24.3 Å². The van der Waals surface area contributed by atoms with Gasteiger partial charge in [-0.3, -0.25) is 9.59 Å². The summed E-state index contributed by atoms with van der Waals surface area (Å²) in [6, 6.07) is 6.59. The second kappa shape index (κ2) is 6.99. The lowest BCUT2D eigenvalue weighted by Gasteiger charge is -2.09. The molecule has 0 heterocycles. The van der Waals surface area contributed by atoms with Gasteiger partial charge >= 0.3 is 12.1 Å². The molecule has 0 bridgehead atoms. The van der Waals surface area contributed by atoms with E-state index >= 15 is 0 Å². The standard InChI is InChI=1S/C15H16F3NO4/c16-15(17,18)8-23-7-10-3-1-9(2-4-10)6-19-13(20)11-5-12(11)14(21)22/h1-4,11-12H,5-8H2,(H,19,20)(H,21,22).